The summed E-state index contributed by atoms with van der Waals surface area (Å²) in [4.78, 5) is 25.4. The van der Waals surface area contributed by atoms with Gasteiger partial charge in [0, 0.05) is 28.6 Å². The molecule has 2 heterocycles. The molecule has 1 saturated carbocycles. The molecule has 34 heavy (non-hydrogen) atoms. The quantitative estimate of drug-likeness (QED) is 0.358. The van der Waals surface area contributed by atoms with E-state index in [0.29, 0.717) is 28.9 Å². The van der Waals surface area contributed by atoms with Gasteiger partial charge < -0.3 is 4.57 Å². The summed E-state index contributed by atoms with van der Waals surface area (Å²) in [5.41, 5.74) is -2.56. The highest BCUT2D eigenvalue weighted by atomic mass is 19.4. The first kappa shape index (κ1) is 23.8. The van der Waals surface area contributed by atoms with E-state index in [2.05, 4.69) is 5.10 Å². The molecule has 0 aliphatic heterocycles. The number of aromatic nitrogens is 3. The minimum absolute atomic E-state index is 0.0778. The molecular formula is C23H19F6N3O2. The average Bonchev–Trinajstić information content (AvgIpc) is 3.53. The third-order valence-electron chi connectivity index (χ3n) is 5.75. The van der Waals surface area contributed by atoms with Crippen molar-refractivity contribution in [3.63, 3.8) is 0 Å². The van der Waals surface area contributed by atoms with Gasteiger partial charge in [0.15, 0.2) is 5.78 Å². The van der Waals surface area contributed by atoms with E-state index in [-0.39, 0.29) is 22.9 Å². The molecule has 0 atom stereocenters. The highest BCUT2D eigenvalue weighted by Crippen LogP contribution is 2.40. The van der Waals surface area contributed by atoms with Crippen molar-refractivity contribution in [2.45, 2.75) is 51.5 Å². The number of ketones is 1. The van der Waals surface area contributed by atoms with E-state index in [1.807, 2.05) is 0 Å². The molecule has 1 aromatic carbocycles. The number of Topliss-reactive ketones (excluding diaryl/α,β-unsaturated/α-hetero) is 1. The molecule has 0 spiro atoms. The summed E-state index contributed by atoms with van der Waals surface area (Å²) < 4.78 is 81.4. The number of hydrogen-bond acceptors (Lipinski definition) is 3. The average molecular weight is 483 g/mol. The third-order valence-corrected chi connectivity index (χ3v) is 5.75. The van der Waals surface area contributed by atoms with Crippen LogP contribution in [0.15, 0.2) is 41.2 Å². The van der Waals surface area contributed by atoms with Gasteiger partial charge in [0.1, 0.15) is 12.1 Å². The van der Waals surface area contributed by atoms with Gasteiger partial charge in [-0.2, -0.15) is 31.4 Å². The minimum atomic E-state index is -4.90. The van der Waals surface area contributed by atoms with Crippen LogP contribution in [0.25, 0.3) is 5.69 Å². The second-order valence-corrected chi connectivity index (χ2v) is 8.31. The molecule has 2 aromatic heterocycles. The summed E-state index contributed by atoms with van der Waals surface area (Å²) >= 11 is 0. The molecule has 1 fully saturated rings. The van der Waals surface area contributed by atoms with Crippen LogP contribution >= 0.6 is 0 Å². The monoisotopic (exact) mass is 483 g/mol. The first-order chi connectivity index (χ1) is 15.8. The van der Waals surface area contributed by atoms with Crippen LogP contribution in [-0.2, 0) is 18.9 Å². The normalized spacial score (nSPS) is 14.5. The summed E-state index contributed by atoms with van der Waals surface area (Å²) in [7, 11) is 0. The number of carbonyl (C=O) groups excluding carboxylic acids is 1. The Balaban J connectivity index is 1.71. The number of alkyl halides is 6. The summed E-state index contributed by atoms with van der Waals surface area (Å²) in [6.45, 7) is 2.37. The smallest absolute Gasteiger partial charge is 0.318 e. The predicted molar refractivity (Wildman–Crippen MR) is 110 cm³/mol. The lowest BCUT2D eigenvalue weighted by Crippen LogP contribution is -2.33. The second-order valence-electron chi connectivity index (χ2n) is 8.31. The Bertz CT molecular complexity index is 1330. The van der Waals surface area contributed by atoms with Crippen LogP contribution in [0.1, 0.15) is 57.3 Å². The van der Waals surface area contributed by atoms with E-state index >= 15 is 0 Å². The van der Waals surface area contributed by atoms with Gasteiger partial charge in [-0.05, 0) is 57.0 Å². The molecule has 0 unspecified atom stereocenters. The topological polar surface area (TPSA) is 56.9 Å². The van der Waals surface area contributed by atoms with E-state index in [0.717, 1.165) is 18.2 Å². The number of aryl methyl sites for hydroxylation is 1. The van der Waals surface area contributed by atoms with E-state index in [9.17, 15) is 35.9 Å². The fraction of sp³-hybridized carbons (Fsp3) is 0.348. The van der Waals surface area contributed by atoms with Gasteiger partial charge in [-0.25, -0.2) is 4.68 Å². The third kappa shape index (κ3) is 4.51. The number of halogens is 6. The second kappa shape index (κ2) is 8.14. The maximum Gasteiger partial charge on any atom is 0.421 e. The van der Waals surface area contributed by atoms with Crippen molar-refractivity contribution in [2.75, 3.05) is 0 Å². The molecule has 11 heteroatoms. The fourth-order valence-corrected chi connectivity index (χ4v) is 3.94. The maximum atomic E-state index is 13.4. The standard InChI is InChI=1S/C23H19F6N3O2/c1-12-8-17(13(2)32(12)16-5-3-4-15(9-16)22(24,25)26)20(33)11-31-21(34)18(23(27,28)29)10-19(30-31)14-6-7-14/h3-5,8-10,14H,6-7,11H2,1-2H3. The molecule has 180 valence electrons. The zero-order chi connectivity index (χ0) is 25.0. The Morgan fingerprint density at radius 1 is 1.03 bits per heavy atom. The molecule has 5 nitrogen and oxygen atoms in total. The summed E-state index contributed by atoms with van der Waals surface area (Å²) in [5, 5.41) is 3.98. The maximum absolute atomic E-state index is 13.4. The van der Waals surface area contributed by atoms with Crippen LogP contribution in [0.4, 0.5) is 26.3 Å². The van der Waals surface area contributed by atoms with Crippen molar-refractivity contribution in [3.05, 3.63) is 80.5 Å². The van der Waals surface area contributed by atoms with Crippen LogP contribution in [0.3, 0.4) is 0 Å². The van der Waals surface area contributed by atoms with E-state index < -0.39 is 41.4 Å². The van der Waals surface area contributed by atoms with E-state index in [1.165, 1.54) is 29.7 Å². The first-order valence-electron chi connectivity index (χ1n) is 10.4. The molecule has 1 aliphatic rings. The van der Waals surface area contributed by atoms with Gasteiger partial charge in [0.25, 0.3) is 5.56 Å². The Labute approximate surface area is 189 Å². The number of nitrogens with zero attached hydrogens (tertiary/aromatic N) is 3. The van der Waals surface area contributed by atoms with Gasteiger partial charge in [-0.15, -0.1) is 0 Å². The SMILES string of the molecule is Cc1cc(C(=O)Cn2nc(C3CC3)cc(C(F)(F)F)c2=O)c(C)n1-c1cccc(C(F)(F)F)c1. The van der Waals surface area contributed by atoms with Gasteiger partial charge in [0.2, 0.25) is 0 Å². The van der Waals surface area contributed by atoms with E-state index in [1.54, 1.807) is 6.92 Å². The van der Waals surface area contributed by atoms with Crippen molar-refractivity contribution in [1.82, 2.24) is 14.3 Å². The van der Waals surface area contributed by atoms with Gasteiger partial charge >= 0.3 is 12.4 Å². The van der Waals surface area contributed by atoms with Crippen molar-refractivity contribution >= 4 is 5.78 Å². The lowest BCUT2D eigenvalue weighted by atomic mass is 10.1. The van der Waals surface area contributed by atoms with Gasteiger partial charge in [-0.1, -0.05) is 6.07 Å². The molecule has 0 amide bonds. The molecule has 1 aliphatic carbocycles. The lowest BCUT2D eigenvalue weighted by Gasteiger charge is -2.13. The molecule has 0 bridgehead atoms. The molecule has 0 N–H and O–H groups in total. The summed E-state index contributed by atoms with van der Waals surface area (Å²) in [6.07, 6.45) is -8.16. The fourth-order valence-electron chi connectivity index (χ4n) is 3.94. The van der Waals surface area contributed by atoms with E-state index in [4.69, 9.17) is 0 Å². The Morgan fingerprint density at radius 3 is 2.29 bits per heavy atom. The molecule has 3 aromatic rings. The van der Waals surface area contributed by atoms with Crippen molar-refractivity contribution in [3.8, 4) is 5.69 Å². The van der Waals surface area contributed by atoms with Crippen LogP contribution in [0, 0.1) is 13.8 Å². The zero-order valence-corrected chi connectivity index (χ0v) is 18.1. The Morgan fingerprint density at radius 2 is 1.71 bits per heavy atom. The summed E-state index contributed by atoms with van der Waals surface area (Å²) in [5.74, 6) is -0.865. The number of rotatable bonds is 5. The highest BCUT2D eigenvalue weighted by molar-refractivity contribution is 5.97. The van der Waals surface area contributed by atoms with Crippen LogP contribution in [0.2, 0.25) is 0 Å². The molecule has 0 radical (unpaired) electrons. The first-order valence-corrected chi connectivity index (χ1v) is 10.4. The Kier molecular flexibility index (Phi) is 5.69. The molecular weight excluding hydrogens is 464 g/mol. The molecule has 4 rings (SSSR count). The van der Waals surface area contributed by atoms with Crippen LogP contribution in [-0.4, -0.2) is 20.1 Å². The summed E-state index contributed by atoms with van der Waals surface area (Å²) in [6, 6.07) is 6.72. The minimum Gasteiger partial charge on any atom is -0.318 e. The van der Waals surface area contributed by atoms with Crippen molar-refractivity contribution in [1.29, 1.82) is 0 Å². The Hall–Kier alpha value is -3.37. The lowest BCUT2D eigenvalue weighted by molar-refractivity contribution is -0.139. The van der Waals surface area contributed by atoms with Gasteiger partial charge in [-0.3, -0.25) is 9.59 Å². The van der Waals surface area contributed by atoms with Crippen molar-refractivity contribution in [2.24, 2.45) is 0 Å². The zero-order valence-electron chi connectivity index (χ0n) is 18.1. The predicted octanol–water partition coefficient (Wildman–Crippen LogP) is 5.45. The number of benzene rings is 1. The largest absolute Gasteiger partial charge is 0.421 e. The highest BCUT2D eigenvalue weighted by Gasteiger charge is 2.38. The van der Waals surface area contributed by atoms with Gasteiger partial charge in [0.05, 0.1) is 11.3 Å². The van der Waals surface area contributed by atoms with Crippen molar-refractivity contribution < 1.29 is 31.1 Å². The number of hydrogen-bond donors (Lipinski definition) is 0. The van der Waals surface area contributed by atoms with Crippen LogP contribution < -0.4 is 5.56 Å². The number of carbonyl (C=O) groups is 1. The molecule has 0 saturated heterocycles. The van der Waals surface area contributed by atoms with Crippen LogP contribution in [0.5, 0.6) is 0 Å².